The second-order valence-electron chi connectivity index (χ2n) is 9.58. The third-order valence-electron chi connectivity index (χ3n) is 5.03. The van der Waals surface area contributed by atoms with Crippen molar-refractivity contribution >= 4 is 11.9 Å². The van der Waals surface area contributed by atoms with E-state index in [0.717, 1.165) is 12.8 Å². The largest absolute Gasteiger partial charge is 0.462 e. The van der Waals surface area contributed by atoms with Crippen LogP contribution in [0.1, 0.15) is 73.8 Å². The molecule has 0 aliphatic heterocycles. The van der Waals surface area contributed by atoms with Gasteiger partial charge in [0.1, 0.15) is 11.7 Å². The molecule has 0 heterocycles. The van der Waals surface area contributed by atoms with Crippen LogP contribution in [0.15, 0.2) is 30.3 Å². The Labute approximate surface area is 182 Å². The summed E-state index contributed by atoms with van der Waals surface area (Å²) in [6.45, 7) is 15.8. The summed E-state index contributed by atoms with van der Waals surface area (Å²) in [5.74, 6) is -1.40. The van der Waals surface area contributed by atoms with Crippen molar-refractivity contribution in [2.24, 2.45) is 11.8 Å². The Morgan fingerprint density at radius 3 is 2.13 bits per heavy atom. The van der Waals surface area contributed by atoms with Crippen LogP contribution < -0.4 is 0 Å². The van der Waals surface area contributed by atoms with E-state index in [1.54, 1.807) is 6.92 Å². The Bertz CT molecular complexity index is 660. The van der Waals surface area contributed by atoms with Crippen LogP contribution in [-0.4, -0.2) is 35.9 Å². The molecule has 5 heteroatoms. The van der Waals surface area contributed by atoms with Crippen LogP contribution in [0, 0.1) is 11.8 Å². The van der Waals surface area contributed by atoms with Crippen LogP contribution in [0.4, 0.5) is 0 Å². The van der Waals surface area contributed by atoms with Gasteiger partial charge in [-0.25, -0.2) is 0 Å². The van der Waals surface area contributed by atoms with Crippen LogP contribution >= 0.6 is 0 Å². The fourth-order valence-electron chi connectivity index (χ4n) is 3.42. The van der Waals surface area contributed by atoms with Gasteiger partial charge < -0.3 is 14.2 Å². The Balaban J connectivity index is 2.86. The van der Waals surface area contributed by atoms with Gasteiger partial charge in [-0.2, -0.15) is 0 Å². The SMILES string of the molecule is CCCOC(C)(C)[C@@H](Cc1ccccc1)[C@H](C)OC(=O)[C@H](C)CC(=O)OC(C)(C)C. The number of carbonyl (C=O) groups is 2. The van der Waals surface area contributed by atoms with E-state index in [0.29, 0.717) is 6.61 Å². The molecule has 0 spiro atoms. The highest BCUT2D eigenvalue weighted by Crippen LogP contribution is 2.31. The zero-order valence-corrected chi connectivity index (χ0v) is 20.0. The molecule has 0 N–H and O–H groups in total. The predicted molar refractivity (Wildman–Crippen MR) is 119 cm³/mol. The topological polar surface area (TPSA) is 61.8 Å². The van der Waals surface area contributed by atoms with Gasteiger partial charge in [-0.1, -0.05) is 44.2 Å². The summed E-state index contributed by atoms with van der Waals surface area (Å²) >= 11 is 0. The number of hydrogen-bond acceptors (Lipinski definition) is 5. The van der Waals surface area contributed by atoms with Crippen LogP contribution in [0.3, 0.4) is 0 Å². The van der Waals surface area contributed by atoms with Gasteiger partial charge in [0.05, 0.1) is 17.9 Å². The highest BCUT2D eigenvalue weighted by Gasteiger charge is 2.37. The van der Waals surface area contributed by atoms with Gasteiger partial charge >= 0.3 is 11.9 Å². The van der Waals surface area contributed by atoms with E-state index in [4.69, 9.17) is 14.2 Å². The van der Waals surface area contributed by atoms with E-state index < -0.39 is 29.1 Å². The zero-order valence-electron chi connectivity index (χ0n) is 20.0. The molecule has 0 aliphatic carbocycles. The summed E-state index contributed by atoms with van der Waals surface area (Å²) in [7, 11) is 0. The number of benzene rings is 1. The molecule has 1 rings (SSSR count). The highest BCUT2D eigenvalue weighted by atomic mass is 16.6. The minimum Gasteiger partial charge on any atom is -0.462 e. The molecule has 1 aromatic rings. The number of ether oxygens (including phenoxy) is 3. The van der Waals surface area contributed by atoms with Crippen molar-refractivity contribution < 1.29 is 23.8 Å². The van der Waals surface area contributed by atoms with E-state index in [1.807, 2.05) is 59.7 Å². The molecule has 170 valence electrons. The van der Waals surface area contributed by atoms with E-state index in [-0.39, 0.29) is 18.4 Å². The molecule has 0 radical (unpaired) electrons. The fourth-order valence-corrected chi connectivity index (χ4v) is 3.42. The van der Waals surface area contributed by atoms with Crippen molar-refractivity contribution in [3.8, 4) is 0 Å². The summed E-state index contributed by atoms with van der Waals surface area (Å²) in [5.41, 5.74) is 0.121. The van der Waals surface area contributed by atoms with E-state index in [9.17, 15) is 9.59 Å². The maximum absolute atomic E-state index is 12.7. The third-order valence-corrected chi connectivity index (χ3v) is 5.03. The lowest BCUT2D eigenvalue weighted by atomic mass is 9.81. The minimum absolute atomic E-state index is 0.00189. The predicted octanol–water partition coefficient (Wildman–Crippen LogP) is 5.35. The standard InChI is InChI=1S/C25H40O5/c1-9-15-28-25(7,8)21(17-20-13-11-10-12-14-20)19(3)29-23(27)18(2)16-22(26)30-24(4,5)6/h10-14,18-19,21H,9,15-17H2,1-8H3/t18-,19+,21+/m1/s1. The van der Waals surface area contributed by atoms with E-state index in [2.05, 4.69) is 19.1 Å². The van der Waals surface area contributed by atoms with Crippen LogP contribution in [0.2, 0.25) is 0 Å². The summed E-state index contributed by atoms with van der Waals surface area (Å²) < 4.78 is 17.3. The molecule has 30 heavy (non-hydrogen) atoms. The van der Waals surface area contributed by atoms with Gasteiger partial charge in [0.25, 0.3) is 0 Å². The molecule has 0 aromatic heterocycles. The van der Waals surface area contributed by atoms with Crippen molar-refractivity contribution in [1.82, 2.24) is 0 Å². The zero-order chi connectivity index (χ0) is 22.9. The normalized spacial score (nSPS) is 15.2. The average Bonchev–Trinajstić information content (AvgIpc) is 2.63. The van der Waals surface area contributed by atoms with Gasteiger partial charge in [-0.3, -0.25) is 9.59 Å². The van der Waals surface area contributed by atoms with Gasteiger partial charge in [0.15, 0.2) is 0 Å². The molecular weight excluding hydrogens is 380 g/mol. The Kier molecular flexibility index (Phi) is 10.0. The average molecular weight is 421 g/mol. The van der Waals surface area contributed by atoms with Crippen molar-refractivity contribution in [3.05, 3.63) is 35.9 Å². The molecule has 1 aromatic carbocycles. The Hall–Kier alpha value is -1.88. The van der Waals surface area contributed by atoms with E-state index >= 15 is 0 Å². The molecule has 0 saturated heterocycles. The molecule has 0 saturated carbocycles. The number of rotatable bonds is 11. The second-order valence-corrected chi connectivity index (χ2v) is 9.58. The third kappa shape index (κ3) is 9.29. The van der Waals surface area contributed by atoms with Crippen LogP contribution in [0.5, 0.6) is 0 Å². The lowest BCUT2D eigenvalue weighted by Crippen LogP contribution is -2.44. The van der Waals surface area contributed by atoms with Gasteiger partial charge in [-0.15, -0.1) is 0 Å². The van der Waals surface area contributed by atoms with E-state index in [1.165, 1.54) is 5.56 Å². The van der Waals surface area contributed by atoms with Crippen molar-refractivity contribution in [3.63, 3.8) is 0 Å². The summed E-state index contributed by atoms with van der Waals surface area (Å²) in [6.07, 6.45) is 1.28. The maximum atomic E-state index is 12.7. The van der Waals surface area contributed by atoms with Crippen molar-refractivity contribution in [2.45, 2.75) is 92.0 Å². The molecule has 5 nitrogen and oxygen atoms in total. The Morgan fingerprint density at radius 1 is 1.00 bits per heavy atom. The summed E-state index contributed by atoms with van der Waals surface area (Å²) in [6, 6.07) is 10.1. The lowest BCUT2D eigenvalue weighted by molar-refractivity contribution is -0.169. The first-order valence-electron chi connectivity index (χ1n) is 11.0. The molecule has 0 aliphatic rings. The smallest absolute Gasteiger partial charge is 0.309 e. The van der Waals surface area contributed by atoms with Gasteiger partial charge in [-0.05, 0) is 59.9 Å². The first-order chi connectivity index (χ1) is 13.9. The monoisotopic (exact) mass is 420 g/mol. The van der Waals surface area contributed by atoms with Gasteiger partial charge in [0.2, 0.25) is 0 Å². The molecule has 3 atom stereocenters. The maximum Gasteiger partial charge on any atom is 0.309 e. The fraction of sp³-hybridized carbons (Fsp3) is 0.680. The van der Waals surface area contributed by atoms with Crippen molar-refractivity contribution in [2.75, 3.05) is 6.61 Å². The first-order valence-corrected chi connectivity index (χ1v) is 11.0. The van der Waals surface area contributed by atoms with Crippen molar-refractivity contribution in [1.29, 1.82) is 0 Å². The second kappa shape index (κ2) is 11.5. The molecule has 0 unspecified atom stereocenters. The molecule has 0 bridgehead atoms. The molecular formula is C25H40O5. The quantitative estimate of drug-likeness (QED) is 0.452. The number of hydrogen-bond donors (Lipinski definition) is 0. The lowest BCUT2D eigenvalue weighted by Gasteiger charge is -2.38. The highest BCUT2D eigenvalue weighted by molar-refractivity contribution is 5.79. The molecule has 0 amide bonds. The van der Waals surface area contributed by atoms with Gasteiger partial charge in [0, 0.05) is 12.5 Å². The van der Waals surface area contributed by atoms with Crippen LogP contribution in [-0.2, 0) is 30.2 Å². The van der Waals surface area contributed by atoms with Crippen LogP contribution in [0.25, 0.3) is 0 Å². The number of esters is 2. The Morgan fingerprint density at radius 2 is 1.60 bits per heavy atom. The summed E-state index contributed by atoms with van der Waals surface area (Å²) in [5, 5.41) is 0. The molecule has 0 fully saturated rings. The summed E-state index contributed by atoms with van der Waals surface area (Å²) in [4.78, 5) is 24.7. The number of carbonyl (C=O) groups excluding carboxylic acids is 2. The first kappa shape index (κ1) is 26.2. The minimum atomic E-state index is -0.574.